The van der Waals surface area contributed by atoms with E-state index < -0.39 is 0 Å². The lowest BCUT2D eigenvalue weighted by Crippen LogP contribution is -1.99. The zero-order chi connectivity index (χ0) is 24.4. The predicted molar refractivity (Wildman–Crippen MR) is 152 cm³/mol. The van der Waals surface area contributed by atoms with Gasteiger partial charge in [-0.15, -0.1) is 0 Å². The van der Waals surface area contributed by atoms with Gasteiger partial charge in [-0.3, -0.25) is 0 Å². The van der Waals surface area contributed by atoms with Crippen LogP contribution in [0.25, 0.3) is 44.5 Å². The van der Waals surface area contributed by atoms with E-state index in [1.54, 1.807) is 0 Å². The molecule has 0 amide bonds. The average Bonchev–Trinajstić information content (AvgIpc) is 2.91. The van der Waals surface area contributed by atoms with E-state index in [-0.39, 0.29) is 0 Å². The molecule has 0 saturated heterocycles. The third kappa shape index (κ3) is 4.33. The van der Waals surface area contributed by atoms with Gasteiger partial charge in [-0.05, 0) is 106 Å². The van der Waals surface area contributed by atoms with Crippen molar-refractivity contribution in [3.05, 3.63) is 131 Å². The van der Waals surface area contributed by atoms with E-state index in [0.29, 0.717) is 0 Å². The molecule has 0 atom stereocenters. The van der Waals surface area contributed by atoms with Crippen molar-refractivity contribution in [3.63, 3.8) is 0 Å². The Labute approximate surface area is 209 Å². The Kier molecular flexibility index (Phi) is 6.38. The van der Waals surface area contributed by atoms with Gasteiger partial charge in [-0.1, -0.05) is 104 Å². The maximum absolute atomic E-state index is 2.43. The lowest BCUT2D eigenvalue weighted by Gasteiger charge is -2.22. The van der Waals surface area contributed by atoms with Crippen LogP contribution in [-0.2, 0) is 6.42 Å². The van der Waals surface area contributed by atoms with Crippen molar-refractivity contribution in [1.82, 2.24) is 0 Å². The van der Waals surface area contributed by atoms with E-state index in [9.17, 15) is 0 Å². The Hall–Kier alpha value is -3.90. The summed E-state index contributed by atoms with van der Waals surface area (Å²) in [4.78, 5) is 0. The molecule has 5 rings (SSSR count). The van der Waals surface area contributed by atoms with Crippen LogP contribution in [-0.4, -0.2) is 0 Å². The van der Waals surface area contributed by atoms with E-state index in [2.05, 4.69) is 137 Å². The van der Waals surface area contributed by atoms with Crippen molar-refractivity contribution >= 4 is 0 Å². The zero-order valence-corrected chi connectivity index (χ0v) is 21.1. The number of rotatable bonds is 5. The molecule has 0 N–H and O–H groups in total. The minimum absolute atomic E-state index is 1.01. The maximum Gasteiger partial charge on any atom is -0.00703 e. The van der Waals surface area contributed by atoms with Crippen LogP contribution in [0.15, 0.2) is 109 Å². The van der Waals surface area contributed by atoms with Crippen molar-refractivity contribution in [2.45, 2.75) is 34.1 Å². The number of aryl methyl sites for hydroxylation is 2. The largest absolute Gasteiger partial charge is 0.0622 e. The van der Waals surface area contributed by atoms with Gasteiger partial charge in [0.25, 0.3) is 0 Å². The van der Waals surface area contributed by atoms with Crippen LogP contribution in [0.3, 0.4) is 0 Å². The monoisotopic (exact) mass is 452 g/mol. The molecule has 0 heterocycles. The molecule has 0 bridgehead atoms. The molecule has 0 spiro atoms. The molecular weight excluding hydrogens is 420 g/mol. The molecule has 0 unspecified atom stereocenters. The third-order valence-corrected chi connectivity index (χ3v) is 7.28. The highest BCUT2D eigenvalue weighted by molar-refractivity contribution is 5.93. The van der Waals surface area contributed by atoms with Crippen LogP contribution in [0.1, 0.15) is 29.2 Å². The van der Waals surface area contributed by atoms with E-state index in [1.165, 1.54) is 66.8 Å². The molecule has 5 aromatic rings. The van der Waals surface area contributed by atoms with Gasteiger partial charge in [0, 0.05) is 0 Å². The third-order valence-electron chi connectivity index (χ3n) is 7.28. The molecule has 0 aromatic heterocycles. The van der Waals surface area contributed by atoms with Gasteiger partial charge in [0.15, 0.2) is 0 Å². The predicted octanol–water partition coefficient (Wildman–Crippen LogP) is 9.84. The fraction of sp³-hybridized carbons (Fsp3) is 0.143. The topological polar surface area (TPSA) is 0 Å². The highest BCUT2D eigenvalue weighted by Gasteiger charge is 2.19. The number of benzene rings is 5. The molecule has 172 valence electrons. The standard InChI is InChI=1S/C35H32/c1-5-27-15-10-12-21-32(27)35-26(4)25(3)33(31-20-11-9-14-24(31)2)23-34(35)30-19-13-18-29(22-30)28-16-7-6-8-17-28/h6-23H,5H2,1-4H3. The van der Waals surface area contributed by atoms with E-state index in [4.69, 9.17) is 0 Å². The summed E-state index contributed by atoms with van der Waals surface area (Å²) in [5, 5.41) is 0. The molecular formula is C35H32. The lowest BCUT2D eigenvalue weighted by molar-refractivity contribution is 1.14. The first-order valence-corrected chi connectivity index (χ1v) is 12.5. The molecule has 0 aliphatic carbocycles. The zero-order valence-electron chi connectivity index (χ0n) is 21.1. The fourth-order valence-corrected chi connectivity index (χ4v) is 5.22. The Balaban J connectivity index is 1.83. The van der Waals surface area contributed by atoms with Crippen molar-refractivity contribution in [3.8, 4) is 44.5 Å². The summed E-state index contributed by atoms with van der Waals surface area (Å²) in [5.74, 6) is 0. The van der Waals surface area contributed by atoms with Gasteiger partial charge in [0.1, 0.15) is 0 Å². The van der Waals surface area contributed by atoms with Crippen molar-refractivity contribution in [2.24, 2.45) is 0 Å². The van der Waals surface area contributed by atoms with Crippen LogP contribution in [0.5, 0.6) is 0 Å². The second-order valence-corrected chi connectivity index (χ2v) is 9.37. The number of hydrogen-bond donors (Lipinski definition) is 0. The van der Waals surface area contributed by atoms with Crippen LogP contribution in [0.2, 0.25) is 0 Å². The van der Waals surface area contributed by atoms with Crippen molar-refractivity contribution in [2.75, 3.05) is 0 Å². The van der Waals surface area contributed by atoms with Gasteiger partial charge in [-0.25, -0.2) is 0 Å². The quantitative estimate of drug-likeness (QED) is 0.249. The van der Waals surface area contributed by atoms with E-state index in [0.717, 1.165) is 6.42 Å². The summed E-state index contributed by atoms with van der Waals surface area (Å²) >= 11 is 0. The van der Waals surface area contributed by atoms with Crippen LogP contribution in [0.4, 0.5) is 0 Å². The van der Waals surface area contributed by atoms with Gasteiger partial charge >= 0.3 is 0 Å². The summed E-state index contributed by atoms with van der Waals surface area (Å²) < 4.78 is 0. The first kappa shape index (κ1) is 22.9. The first-order valence-electron chi connectivity index (χ1n) is 12.5. The summed E-state index contributed by atoms with van der Waals surface area (Å²) in [6.45, 7) is 9.03. The van der Waals surface area contributed by atoms with Gasteiger partial charge in [0.05, 0.1) is 0 Å². The summed E-state index contributed by atoms with van der Waals surface area (Å²) in [7, 11) is 0. The smallest absolute Gasteiger partial charge is 0.00703 e. The molecule has 0 saturated carbocycles. The first-order chi connectivity index (χ1) is 17.1. The average molecular weight is 453 g/mol. The fourth-order valence-electron chi connectivity index (χ4n) is 5.22. The number of hydrogen-bond acceptors (Lipinski definition) is 0. The Morgan fingerprint density at radius 1 is 0.457 bits per heavy atom. The Morgan fingerprint density at radius 3 is 1.83 bits per heavy atom. The second-order valence-electron chi connectivity index (χ2n) is 9.37. The highest BCUT2D eigenvalue weighted by atomic mass is 14.2. The van der Waals surface area contributed by atoms with Gasteiger partial charge < -0.3 is 0 Å². The minimum Gasteiger partial charge on any atom is -0.0622 e. The lowest BCUT2D eigenvalue weighted by atomic mass is 9.82. The molecule has 0 heteroatoms. The molecule has 5 aromatic carbocycles. The molecule has 0 radical (unpaired) electrons. The molecule has 0 fully saturated rings. The SMILES string of the molecule is CCc1ccccc1-c1c(-c2cccc(-c3ccccc3)c2)cc(-c2ccccc2C)c(C)c1C. The van der Waals surface area contributed by atoms with Crippen LogP contribution < -0.4 is 0 Å². The molecule has 0 nitrogen and oxygen atoms in total. The highest BCUT2D eigenvalue weighted by Crippen LogP contribution is 2.43. The molecule has 35 heavy (non-hydrogen) atoms. The van der Waals surface area contributed by atoms with Gasteiger partial charge in [-0.2, -0.15) is 0 Å². The Morgan fingerprint density at radius 2 is 1.09 bits per heavy atom. The summed E-state index contributed by atoms with van der Waals surface area (Å²) in [6.07, 6.45) is 1.01. The summed E-state index contributed by atoms with van der Waals surface area (Å²) in [6, 6.07) is 39.7. The van der Waals surface area contributed by atoms with Gasteiger partial charge in [0.2, 0.25) is 0 Å². The maximum atomic E-state index is 2.43. The van der Waals surface area contributed by atoms with Crippen LogP contribution >= 0.6 is 0 Å². The summed E-state index contributed by atoms with van der Waals surface area (Å²) in [5.41, 5.74) is 15.8. The molecule has 0 aliphatic rings. The van der Waals surface area contributed by atoms with Crippen LogP contribution in [0, 0.1) is 20.8 Å². The van der Waals surface area contributed by atoms with Crippen molar-refractivity contribution in [1.29, 1.82) is 0 Å². The normalized spacial score (nSPS) is 11.0. The second kappa shape index (κ2) is 9.76. The van der Waals surface area contributed by atoms with E-state index >= 15 is 0 Å². The molecule has 0 aliphatic heterocycles. The van der Waals surface area contributed by atoms with E-state index in [1.807, 2.05) is 0 Å². The Bertz CT molecular complexity index is 1490. The minimum atomic E-state index is 1.01. The van der Waals surface area contributed by atoms with Crippen molar-refractivity contribution < 1.29 is 0 Å².